The Morgan fingerprint density at radius 2 is 2.00 bits per heavy atom. The van der Waals surface area contributed by atoms with E-state index < -0.39 is 0 Å². The van der Waals surface area contributed by atoms with Crippen LogP contribution in [0.25, 0.3) is 10.8 Å². The van der Waals surface area contributed by atoms with Crippen LogP contribution in [0.2, 0.25) is 5.15 Å². The van der Waals surface area contributed by atoms with Crippen molar-refractivity contribution in [2.24, 2.45) is 0 Å². The molecule has 78 valence electrons. The highest BCUT2D eigenvalue weighted by atomic mass is 79.9. The van der Waals surface area contributed by atoms with Gasteiger partial charge in [0.05, 0.1) is 10.2 Å². The summed E-state index contributed by atoms with van der Waals surface area (Å²) >= 11 is 10.8. The summed E-state index contributed by atoms with van der Waals surface area (Å²) in [6.07, 6.45) is 0. The van der Waals surface area contributed by atoms with Crippen molar-refractivity contribution in [3.8, 4) is 10.8 Å². The number of aryl methyl sites for hydroxylation is 2. The maximum Gasteiger partial charge on any atom is 0.190 e. The molecule has 0 N–H and O–H groups in total. The van der Waals surface area contributed by atoms with Crippen molar-refractivity contribution in [1.29, 1.82) is 0 Å². The Bertz CT molecular complexity index is 489. The first-order valence-electron chi connectivity index (χ1n) is 4.20. The molecule has 2 rings (SSSR count). The minimum absolute atomic E-state index is 0.422. The molecule has 0 atom stereocenters. The highest BCUT2D eigenvalue weighted by Gasteiger charge is 2.11. The van der Waals surface area contributed by atoms with Crippen LogP contribution >= 0.6 is 38.9 Å². The quantitative estimate of drug-likeness (QED) is 0.755. The van der Waals surface area contributed by atoms with Gasteiger partial charge in [0.1, 0.15) is 5.15 Å². The first-order chi connectivity index (χ1) is 7.08. The molecule has 0 aliphatic rings. The second kappa shape index (κ2) is 4.15. The van der Waals surface area contributed by atoms with Gasteiger partial charge in [0, 0.05) is 11.1 Å². The molecule has 0 aliphatic carbocycles. The molecule has 0 radical (unpaired) electrons. The predicted octanol–water partition coefficient (Wildman–Crippen LogP) is 3.63. The molecule has 2 aromatic heterocycles. The Kier molecular flexibility index (Phi) is 3.04. The maximum absolute atomic E-state index is 5.95. The molecule has 0 unspecified atom stereocenters. The molecular formula is C9H7BrClN3S. The Labute approximate surface area is 105 Å². The molecule has 2 aromatic rings. The van der Waals surface area contributed by atoms with E-state index in [0.29, 0.717) is 11.0 Å². The van der Waals surface area contributed by atoms with Crippen LogP contribution in [0.1, 0.15) is 11.4 Å². The highest BCUT2D eigenvalue weighted by molar-refractivity contribution is 9.10. The molecule has 0 aromatic carbocycles. The first kappa shape index (κ1) is 11.0. The lowest BCUT2D eigenvalue weighted by Gasteiger charge is -2.01. The largest absolute Gasteiger partial charge is 0.238 e. The molecule has 0 fully saturated rings. The van der Waals surface area contributed by atoms with E-state index >= 15 is 0 Å². The number of halogens is 2. The molecule has 0 bridgehead atoms. The molecule has 3 nitrogen and oxygen atoms in total. The topological polar surface area (TPSA) is 38.7 Å². The average Bonchev–Trinajstić information content (AvgIpc) is 2.60. The van der Waals surface area contributed by atoms with Crippen LogP contribution in [-0.2, 0) is 0 Å². The third-order valence-corrected chi connectivity index (χ3v) is 4.19. The second-order valence-electron chi connectivity index (χ2n) is 3.03. The monoisotopic (exact) mass is 303 g/mol. The summed E-state index contributed by atoms with van der Waals surface area (Å²) < 4.78 is 0.737. The van der Waals surface area contributed by atoms with Gasteiger partial charge in [-0.1, -0.05) is 11.6 Å². The van der Waals surface area contributed by atoms with E-state index in [4.69, 9.17) is 11.6 Å². The Morgan fingerprint density at radius 1 is 1.27 bits per heavy atom. The van der Waals surface area contributed by atoms with Gasteiger partial charge >= 0.3 is 0 Å². The van der Waals surface area contributed by atoms with E-state index in [9.17, 15) is 0 Å². The minimum atomic E-state index is 0.422. The Morgan fingerprint density at radius 3 is 2.53 bits per heavy atom. The number of hydrogen-bond acceptors (Lipinski definition) is 4. The molecule has 0 saturated carbocycles. The first-order valence-corrected chi connectivity index (χ1v) is 6.25. The summed E-state index contributed by atoms with van der Waals surface area (Å²) in [7, 11) is 0. The minimum Gasteiger partial charge on any atom is -0.238 e. The zero-order valence-electron chi connectivity index (χ0n) is 8.08. The van der Waals surface area contributed by atoms with Crippen molar-refractivity contribution in [3.63, 3.8) is 0 Å². The van der Waals surface area contributed by atoms with Crippen molar-refractivity contribution in [1.82, 2.24) is 15.0 Å². The van der Waals surface area contributed by atoms with Crippen LogP contribution in [0.3, 0.4) is 0 Å². The third kappa shape index (κ3) is 2.19. The highest BCUT2D eigenvalue weighted by Crippen LogP contribution is 2.27. The summed E-state index contributed by atoms with van der Waals surface area (Å²) in [6, 6.07) is 0. The van der Waals surface area contributed by atoms with Gasteiger partial charge in [0.15, 0.2) is 10.8 Å². The fourth-order valence-electron chi connectivity index (χ4n) is 1.08. The van der Waals surface area contributed by atoms with E-state index in [1.54, 1.807) is 0 Å². The zero-order chi connectivity index (χ0) is 11.0. The lowest BCUT2D eigenvalue weighted by molar-refractivity contribution is 1.08. The summed E-state index contributed by atoms with van der Waals surface area (Å²) in [4.78, 5) is 12.8. The number of thiazole rings is 1. The van der Waals surface area contributed by atoms with Crippen molar-refractivity contribution < 1.29 is 0 Å². The SMILES string of the molecule is Cc1csc(-c2nc(C)c(Br)c(Cl)n2)n1. The van der Waals surface area contributed by atoms with Crippen molar-refractivity contribution in [2.45, 2.75) is 13.8 Å². The molecule has 0 saturated heterocycles. The fourth-order valence-corrected chi connectivity index (χ4v) is 2.20. The number of nitrogens with zero attached hydrogens (tertiary/aromatic N) is 3. The maximum atomic E-state index is 5.95. The standard InChI is InChI=1S/C9H7BrClN3S/c1-4-3-15-9(12-4)8-13-5(2)6(10)7(11)14-8/h3H,1-2H3. The molecule has 0 amide bonds. The van der Waals surface area contributed by atoms with Gasteiger partial charge in [-0.25, -0.2) is 15.0 Å². The van der Waals surface area contributed by atoms with Crippen LogP contribution < -0.4 is 0 Å². The smallest absolute Gasteiger partial charge is 0.190 e. The average molecular weight is 305 g/mol. The number of hydrogen-bond donors (Lipinski definition) is 0. The Hall–Kier alpha value is -0.520. The van der Waals surface area contributed by atoms with E-state index in [2.05, 4.69) is 30.9 Å². The lowest BCUT2D eigenvalue weighted by atomic mass is 10.4. The number of aromatic nitrogens is 3. The van der Waals surface area contributed by atoms with Gasteiger partial charge < -0.3 is 0 Å². The summed E-state index contributed by atoms with van der Waals surface area (Å²) in [5, 5.41) is 3.18. The van der Waals surface area contributed by atoms with Crippen molar-refractivity contribution in [3.05, 3.63) is 26.4 Å². The molecule has 2 heterocycles. The molecule has 0 spiro atoms. The molecule has 0 aliphatic heterocycles. The predicted molar refractivity (Wildman–Crippen MR) is 65.3 cm³/mol. The third-order valence-electron chi connectivity index (χ3n) is 1.79. The van der Waals surface area contributed by atoms with E-state index in [-0.39, 0.29) is 0 Å². The normalized spacial score (nSPS) is 10.7. The van der Waals surface area contributed by atoms with E-state index in [1.165, 1.54) is 11.3 Å². The van der Waals surface area contributed by atoms with Crippen LogP contribution in [0, 0.1) is 13.8 Å². The second-order valence-corrected chi connectivity index (χ2v) is 5.04. The van der Waals surface area contributed by atoms with Crippen LogP contribution in [-0.4, -0.2) is 15.0 Å². The van der Waals surface area contributed by atoms with E-state index in [1.807, 2.05) is 19.2 Å². The molecular weight excluding hydrogens is 298 g/mol. The van der Waals surface area contributed by atoms with Gasteiger partial charge in [-0.3, -0.25) is 0 Å². The van der Waals surface area contributed by atoms with Gasteiger partial charge in [0.2, 0.25) is 0 Å². The van der Waals surface area contributed by atoms with Crippen LogP contribution in [0.15, 0.2) is 9.85 Å². The van der Waals surface area contributed by atoms with Gasteiger partial charge in [0.25, 0.3) is 0 Å². The summed E-state index contributed by atoms with van der Waals surface area (Å²) in [6.45, 7) is 3.81. The summed E-state index contributed by atoms with van der Waals surface area (Å²) in [5.41, 5.74) is 1.79. The zero-order valence-corrected chi connectivity index (χ0v) is 11.2. The van der Waals surface area contributed by atoms with Gasteiger partial charge in [-0.05, 0) is 29.8 Å². The fraction of sp³-hybridized carbons (Fsp3) is 0.222. The Balaban J connectivity index is 2.55. The van der Waals surface area contributed by atoms with Gasteiger partial charge in [-0.2, -0.15) is 0 Å². The van der Waals surface area contributed by atoms with Gasteiger partial charge in [-0.15, -0.1) is 11.3 Å². The lowest BCUT2D eigenvalue weighted by Crippen LogP contribution is -1.94. The molecule has 6 heteroatoms. The van der Waals surface area contributed by atoms with Crippen LogP contribution in [0.5, 0.6) is 0 Å². The van der Waals surface area contributed by atoms with Crippen molar-refractivity contribution in [2.75, 3.05) is 0 Å². The van der Waals surface area contributed by atoms with Crippen LogP contribution in [0.4, 0.5) is 0 Å². The molecule has 15 heavy (non-hydrogen) atoms. The van der Waals surface area contributed by atoms with Crippen molar-refractivity contribution >= 4 is 38.9 Å². The summed E-state index contributed by atoms with van der Waals surface area (Å²) in [5.74, 6) is 0.582. The van der Waals surface area contributed by atoms with E-state index in [0.717, 1.165) is 20.9 Å². The number of rotatable bonds is 1.